The van der Waals surface area contributed by atoms with Crippen molar-refractivity contribution >= 4 is 11.3 Å². The molecule has 1 fully saturated rings. The molecule has 0 aromatic carbocycles. The van der Waals surface area contributed by atoms with Gasteiger partial charge in [0.1, 0.15) is 0 Å². The number of rotatable bonds is 4. The molecule has 1 aliphatic rings. The maximum atomic E-state index is 12.9. The molecule has 1 unspecified atom stereocenters. The molecule has 1 saturated heterocycles. The fourth-order valence-electron chi connectivity index (χ4n) is 2.06. The van der Waals surface area contributed by atoms with E-state index in [0.29, 0.717) is 24.8 Å². The van der Waals surface area contributed by atoms with Crippen molar-refractivity contribution in [2.75, 3.05) is 19.8 Å². The lowest BCUT2D eigenvalue weighted by atomic mass is 10.0. The van der Waals surface area contributed by atoms with Gasteiger partial charge in [-0.3, -0.25) is 0 Å². The maximum absolute atomic E-state index is 12.9. The predicted octanol–water partition coefficient (Wildman–Crippen LogP) is 3.17. The Balaban J connectivity index is 2.22. The van der Waals surface area contributed by atoms with Gasteiger partial charge in [0, 0.05) is 19.1 Å². The van der Waals surface area contributed by atoms with Crippen LogP contribution in [0.2, 0.25) is 0 Å². The van der Waals surface area contributed by atoms with Crippen LogP contribution < -0.4 is 5.32 Å². The second-order valence-corrected chi connectivity index (χ2v) is 5.63. The van der Waals surface area contributed by atoms with E-state index in [1.54, 1.807) is 0 Å². The van der Waals surface area contributed by atoms with E-state index in [2.05, 4.69) is 10.3 Å². The second-order valence-electron chi connectivity index (χ2n) is 4.52. The average Bonchev–Trinajstić information content (AvgIpc) is 2.81. The third kappa shape index (κ3) is 3.67. The fourth-order valence-corrected chi connectivity index (χ4v) is 3.23. The highest BCUT2D eigenvalue weighted by atomic mass is 32.1. The second kappa shape index (κ2) is 6.19. The number of alkyl halides is 3. The zero-order valence-corrected chi connectivity index (χ0v) is 11.5. The Kier molecular flexibility index (Phi) is 4.81. The monoisotopic (exact) mass is 294 g/mol. The molecule has 1 atom stereocenters. The largest absolute Gasteiger partial charge is 0.434 e. The highest BCUT2D eigenvalue weighted by molar-refractivity contribution is 7.11. The zero-order valence-electron chi connectivity index (χ0n) is 10.7. The van der Waals surface area contributed by atoms with Crippen molar-refractivity contribution in [3.8, 4) is 0 Å². The zero-order chi connectivity index (χ0) is 13.9. The lowest BCUT2D eigenvalue weighted by Crippen LogP contribution is -2.16. The van der Waals surface area contributed by atoms with Gasteiger partial charge in [0.05, 0.1) is 16.5 Å². The third-order valence-corrected chi connectivity index (χ3v) is 4.25. The Morgan fingerprint density at radius 3 is 2.84 bits per heavy atom. The predicted molar refractivity (Wildman–Crippen MR) is 67.3 cm³/mol. The molecule has 1 aliphatic heterocycles. The molecule has 7 heteroatoms. The van der Waals surface area contributed by atoms with Crippen molar-refractivity contribution in [1.29, 1.82) is 0 Å². The van der Waals surface area contributed by atoms with E-state index in [0.717, 1.165) is 24.2 Å². The van der Waals surface area contributed by atoms with Gasteiger partial charge in [0.15, 0.2) is 5.69 Å². The average molecular weight is 294 g/mol. The third-order valence-electron chi connectivity index (χ3n) is 3.03. The molecule has 1 aromatic heterocycles. The summed E-state index contributed by atoms with van der Waals surface area (Å²) in [7, 11) is 0. The van der Waals surface area contributed by atoms with Gasteiger partial charge >= 0.3 is 6.18 Å². The molecule has 1 aromatic rings. The molecule has 1 N–H and O–H groups in total. The first-order valence-corrected chi connectivity index (χ1v) is 7.19. The van der Waals surface area contributed by atoms with E-state index in [4.69, 9.17) is 4.74 Å². The summed E-state index contributed by atoms with van der Waals surface area (Å²) >= 11 is 1.16. The Morgan fingerprint density at radius 2 is 2.26 bits per heavy atom. The topological polar surface area (TPSA) is 34.1 Å². The van der Waals surface area contributed by atoms with Crippen LogP contribution in [0.25, 0.3) is 0 Å². The Hall–Kier alpha value is -0.660. The van der Waals surface area contributed by atoms with Crippen LogP contribution in [0.1, 0.15) is 41.3 Å². The van der Waals surface area contributed by atoms with Gasteiger partial charge in [-0.15, -0.1) is 11.3 Å². The van der Waals surface area contributed by atoms with Gasteiger partial charge in [0.2, 0.25) is 0 Å². The van der Waals surface area contributed by atoms with Crippen LogP contribution in [0.3, 0.4) is 0 Å². The van der Waals surface area contributed by atoms with Crippen molar-refractivity contribution in [3.05, 3.63) is 15.6 Å². The standard InChI is InChI=1S/C12H17F3N2OS/c1-2-16-6-9-10(12(13,14)15)17-11(19-9)8-4-3-5-18-7-8/h8,16H,2-7H2,1H3. The van der Waals surface area contributed by atoms with E-state index < -0.39 is 11.9 Å². The van der Waals surface area contributed by atoms with Crippen LogP contribution in [-0.4, -0.2) is 24.7 Å². The summed E-state index contributed by atoms with van der Waals surface area (Å²) in [6, 6.07) is 0. The van der Waals surface area contributed by atoms with E-state index in [9.17, 15) is 13.2 Å². The normalized spacial score (nSPS) is 20.7. The minimum absolute atomic E-state index is 0.00947. The highest BCUT2D eigenvalue weighted by Crippen LogP contribution is 2.38. The number of halogens is 3. The van der Waals surface area contributed by atoms with Crippen LogP contribution in [-0.2, 0) is 17.5 Å². The van der Waals surface area contributed by atoms with Crippen LogP contribution in [0.5, 0.6) is 0 Å². The van der Waals surface area contributed by atoms with Crippen LogP contribution in [0, 0.1) is 0 Å². The van der Waals surface area contributed by atoms with Crippen LogP contribution >= 0.6 is 11.3 Å². The molecule has 0 bridgehead atoms. The molecule has 3 nitrogen and oxygen atoms in total. The van der Waals surface area contributed by atoms with Gasteiger partial charge in [0.25, 0.3) is 0 Å². The van der Waals surface area contributed by atoms with E-state index in [-0.39, 0.29) is 17.3 Å². The summed E-state index contributed by atoms with van der Waals surface area (Å²) in [5.74, 6) is 0.00947. The summed E-state index contributed by atoms with van der Waals surface area (Å²) in [6.45, 7) is 3.89. The highest BCUT2D eigenvalue weighted by Gasteiger charge is 2.38. The SMILES string of the molecule is CCNCc1sc(C2CCCOC2)nc1C(F)(F)F. The number of thiazole rings is 1. The van der Waals surface area contributed by atoms with Gasteiger partial charge in [-0.2, -0.15) is 13.2 Å². The molecule has 0 spiro atoms. The summed E-state index contributed by atoms with van der Waals surface area (Å²) in [5, 5.41) is 3.49. The maximum Gasteiger partial charge on any atom is 0.434 e. The van der Waals surface area contributed by atoms with Gasteiger partial charge in [-0.05, 0) is 19.4 Å². The Bertz CT molecular complexity index is 414. The number of hydrogen-bond acceptors (Lipinski definition) is 4. The summed E-state index contributed by atoms with van der Waals surface area (Å²) in [6.07, 6.45) is -2.64. The smallest absolute Gasteiger partial charge is 0.381 e. The van der Waals surface area contributed by atoms with Gasteiger partial charge < -0.3 is 10.1 Å². The lowest BCUT2D eigenvalue weighted by Gasteiger charge is -2.19. The molecule has 0 amide bonds. The molecular weight excluding hydrogens is 277 g/mol. The Morgan fingerprint density at radius 1 is 1.47 bits per heavy atom. The number of ether oxygens (including phenoxy) is 1. The fraction of sp³-hybridized carbons (Fsp3) is 0.750. The van der Waals surface area contributed by atoms with Crippen molar-refractivity contribution < 1.29 is 17.9 Å². The minimum Gasteiger partial charge on any atom is -0.381 e. The van der Waals surface area contributed by atoms with Gasteiger partial charge in [-0.1, -0.05) is 6.92 Å². The minimum atomic E-state index is -4.38. The molecule has 2 heterocycles. The summed E-state index contributed by atoms with van der Waals surface area (Å²) in [5.41, 5.74) is -0.737. The summed E-state index contributed by atoms with van der Waals surface area (Å²) in [4.78, 5) is 4.10. The van der Waals surface area contributed by atoms with Crippen LogP contribution in [0.15, 0.2) is 0 Å². The molecule has 108 valence electrons. The van der Waals surface area contributed by atoms with E-state index in [1.165, 1.54) is 0 Å². The van der Waals surface area contributed by atoms with Crippen molar-refractivity contribution in [2.24, 2.45) is 0 Å². The molecule has 19 heavy (non-hydrogen) atoms. The quantitative estimate of drug-likeness (QED) is 0.926. The number of nitrogens with zero attached hydrogens (tertiary/aromatic N) is 1. The van der Waals surface area contributed by atoms with Crippen molar-refractivity contribution in [3.63, 3.8) is 0 Å². The molecule has 0 saturated carbocycles. The van der Waals surface area contributed by atoms with E-state index in [1.807, 2.05) is 6.92 Å². The first-order chi connectivity index (χ1) is 9.02. The van der Waals surface area contributed by atoms with Crippen molar-refractivity contribution in [1.82, 2.24) is 10.3 Å². The van der Waals surface area contributed by atoms with E-state index >= 15 is 0 Å². The first-order valence-electron chi connectivity index (χ1n) is 6.37. The molecular formula is C12H17F3N2OS. The summed E-state index contributed by atoms with van der Waals surface area (Å²) < 4.78 is 44.1. The number of nitrogens with one attached hydrogen (secondary N) is 1. The Labute approximate surface area is 114 Å². The van der Waals surface area contributed by atoms with Crippen molar-refractivity contribution in [2.45, 2.75) is 38.4 Å². The molecule has 0 radical (unpaired) electrons. The lowest BCUT2D eigenvalue weighted by molar-refractivity contribution is -0.141. The van der Waals surface area contributed by atoms with Crippen LogP contribution in [0.4, 0.5) is 13.2 Å². The van der Waals surface area contributed by atoms with Gasteiger partial charge in [-0.25, -0.2) is 4.98 Å². The number of aromatic nitrogens is 1. The molecule has 2 rings (SSSR count). The number of hydrogen-bond donors (Lipinski definition) is 1. The first kappa shape index (κ1) is 14.7. The molecule has 0 aliphatic carbocycles.